The van der Waals surface area contributed by atoms with Crippen molar-refractivity contribution in [2.75, 3.05) is 0 Å². The normalized spacial score (nSPS) is 12.4. The summed E-state index contributed by atoms with van der Waals surface area (Å²) in [5, 5.41) is 0.607. The number of hydrogen-bond acceptors (Lipinski definition) is 4. The van der Waals surface area contributed by atoms with Gasteiger partial charge < -0.3 is 10.7 Å². The summed E-state index contributed by atoms with van der Waals surface area (Å²) in [6.07, 6.45) is 1.77. The number of rotatable bonds is 5. The first-order valence-electron chi connectivity index (χ1n) is 6.82. The Morgan fingerprint density at radius 1 is 1.43 bits per heavy atom. The van der Waals surface area contributed by atoms with E-state index in [1.165, 1.54) is 11.8 Å². The number of nitrogens with one attached hydrogen (secondary N) is 1. The number of nitrogens with two attached hydrogens (primary N) is 1. The Hall–Kier alpha value is -1.11. The zero-order valence-electron chi connectivity index (χ0n) is 12.0. The van der Waals surface area contributed by atoms with Crippen molar-refractivity contribution in [3.63, 3.8) is 0 Å². The fraction of sp³-hybridized carbons (Fsp3) is 0.333. The van der Waals surface area contributed by atoms with E-state index in [0.29, 0.717) is 5.16 Å². The molecule has 21 heavy (non-hydrogen) atoms. The molecule has 1 aromatic heterocycles. The van der Waals surface area contributed by atoms with Gasteiger partial charge in [-0.25, -0.2) is 4.98 Å². The third-order valence-electron chi connectivity index (χ3n) is 2.95. The SMILES string of the molecule is CCCc1cc(=O)[nH]c(Sc2ccc(Br)cc2C(C)N)n1. The first-order chi connectivity index (χ1) is 9.99. The molecule has 0 saturated carbocycles. The molecule has 0 aliphatic rings. The summed E-state index contributed by atoms with van der Waals surface area (Å²) in [7, 11) is 0. The summed E-state index contributed by atoms with van der Waals surface area (Å²) in [6, 6.07) is 7.42. The highest BCUT2D eigenvalue weighted by atomic mass is 79.9. The molecule has 2 rings (SSSR count). The highest BCUT2D eigenvalue weighted by Gasteiger charge is 2.11. The van der Waals surface area contributed by atoms with Crippen molar-refractivity contribution in [3.05, 3.63) is 50.3 Å². The number of hydrogen-bond donors (Lipinski definition) is 2. The topological polar surface area (TPSA) is 71.8 Å². The number of aromatic amines is 1. The van der Waals surface area contributed by atoms with Crippen LogP contribution < -0.4 is 11.3 Å². The maximum atomic E-state index is 11.7. The molecule has 0 aliphatic carbocycles. The molecular weight excluding hydrogens is 350 g/mol. The van der Waals surface area contributed by atoms with Crippen molar-refractivity contribution in [1.29, 1.82) is 0 Å². The van der Waals surface area contributed by atoms with Crippen molar-refractivity contribution in [3.8, 4) is 0 Å². The van der Waals surface area contributed by atoms with Crippen molar-refractivity contribution in [1.82, 2.24) is 9.97 Å². The van der Waals surface area contributed by atoms with E-state index in [-0.39, 0.29) is 11.6 Å². The largest absolute Gasteiger partial charge is 0.324 e. The van der Waals surface area contributed by atoms with Crippen LogP contribution in [-0.4, -0.2) is 9.97 Å². The maximum Gasteiger partial charge on any atom is 0.251 e. The van der Waals surface area contributed by atoms with Crippen LogP contribution >= 0.6 is 27.7 Å². The molecule has 0 radical (unpaired) electrons. The summed E-state index contributed by atoms with van der Waals surface area (Å²) in [5.41, 5.74) is 7.75. The lowest BCUT2D eigenvalue weighted by molar-refractivity contribution is 0.792. The van der Waals surface area contributed by atoms with Crippen LogP contribution in [-0.2, 0) is 6.42 Å². The third-order valence-corrected chi connectivity index (χ3v) is 4.42. The fourth-order valence-electron chi connectivity index (χ4n) is 1.99. The maximum absolute atomic E-state index is 11.7. The highest BCUT2D eigenvalue weighted by Crippen LogP contribution is 2.32. The zero-order chi connectivity index (χ0) is 15.4. The molecule has 2 aromatic rings. The third kappa shape index (κ3) is 4.43. The van der Waals surface area contributed by atoms with Gasteiger partial charge in [0, 0.05) is 27.2 Å². The van der Waals surface area contributed by atoms with Gasteiger partial charge >= 0.3 is 0 Å². The molecule has 0 bridgehead atoms. The molecule has 0 fully saturated rings. The number of aromatic nitrogens is 2. The zero-order valence-corrected chi connectivity index (χ0v) is 14.4. The number of aryl methyl sites for hydroxylation is 1. The first kappa shape index (κ1) is 16.3. The number of halogens is 1. The van der Waals surface area contributed by atoms with Crippen molar-refractivity contribution < 1.29 is 0 Å². The van der Waals surface area contributed by atoms with E-state index in [0.717, 1.165) is 33.5 Å². The average Bonchev–Trinajstić information content (AvgIpc) is 2.40. The minimum absolute atomic E-state index is 0.0875. The molecule has 0 aliphatic heterocycles. The Kier molecular flexibility index (Phi) is 5.61. The molecule has 0 amide bonds. The van der Waals surface area contributed by atoms with Gasteiger partial charge in [-0.15, -0.1) is 0 Å². The molecule has 112 valence electrons. The standard InChI is InChI=1S/C15H18BrN3OS/c1-3-4-11-8-14(20)19-15(18-11)21-13-6-5-10(16)7-12(13)9(2)17/h5-9H,3-4,17H2,1-2H3,(H,18,19,20). The molecular formula is C15H18BrN3OS. The van der Waals surface area contributed by atoms with E-state index in [2.05, 4.69) is 32.8 Å². The predicted molar refractivity (Wildman–Crippen MR) is 89.7 cm³/mol. The summed E-state index contributed by atoms with van der Waals surface area (Å²) in [4.78, 5) is 20.0. The highest BCUT2D eigenvalue weighted by molar-refractivity contribution is 9.10. The number of nitrogens with zero attached hydrogens (tertiary/aromatic N) is 1. The molecule has 1 aromatic carbocycles. The summed E-state index contributed by atoms with van der Waals surface area (Å²) >= 11 is 4.89. The number of benzene rings is 1. The molecule has 1 atom stereocenters. The smallest absolute Gasteiger partial charge is 0.251 e. The second-order valence-corrected chi connectivity index (χ2v) is 6.81. The van der Waals surface area contributed by atoms with Crippen molar-refractivity contribution in [2.45, 2.75) is 42.8 Å². The van der Waals surface area contributed by atoms with Gasteiger partial charge in [-0.2, -0.15) is 0 Å². The Morgan fingerprint density at radius 3 is 2.86 bits per heavy atom. The molecule has 0 saturated heterocycles. The van der Waals surface area contributed by atoms with Crippen molar-refractivity contribution >= 4 is 27.7 Å². The van der Waals surface area contributed by atoms with E-state index >= 15 is 0 Å². The Morgan fingerprint density at radius 2 is 2.19 bits per heavy atom. The van der Waals surface area contributed by atoms with E-state index < -0.39 is 0 Å². The predicted octanol–water partition coefficient (Wildman–Crippen LogP) is 3.66. The second kappa shape index (κ2) is 7.24. The van der Waals surface area contributed by atoms with Crippen LogP contribution in [0.4, 0.5) is 0 Å². The molecule has 0 spiro atoms. The minimum Gasteiger partial charge on any atom is -0.324 e. The van der Waals surface area contributed by atoms with Crippen LogP contribution in [0.15, 0.2) is 43.6 Å². The molecule has 1 heterocycles. The van der Waals surface area contributed by atoms with Crippen molar-refractivity contribution in [2.24, 2.45) is 5.73 Å². The van der Waals surface area contributed by atoms with E-state index in [1.54, 1.807) is 6.07 Å². The van der Waals surface area contributed by atoms with Crippen LogP contribution in [0.2, 0.25) is 0 Å². The van der Waals surface area contributed by atoms with Gasteiger partial charge in [0.15, 0.2) is 5.16 Å². The molecule has 6 heteroatoms. The first-order valence-corrected chi connectivity index (χ1v) is 8.43. The van der Waals surface area contributed by atoms with E-state index in [4.69, 9.17) is 5.73 Å². The van der Waals surface area contributed by atoms with Gasteiger partial charge in [0.1, 0.15) is 0 Å². The van der Waals surface area contributed by atoms with Crippen LogP contribution in [0.3, 0.4) is 0 Å². The lowest BCUT2D eigenvalue weighted by Crippen LogP contribution is -2.10. The van der Waals surface area contributed by atoms with Crippen LogP contribution in [0.25, 0.3) is 0 Å². The number of H-pyrrole nitrogens is 1. The molecule has 4 nitrogen and oxygen atoms in total. The molecule has 3 N–H and O–H groups in total. The minimum atomic E-state index is -0.115. The summed E-state index contributed by atoms with van der Waals surface area (Å²) in [5.74, 6) is 0. The van der Waals surface area contributed by atoms with Crippen LogP contribution in [0.1, 0.15) is 37.6 Å². The Balaban J connectivity index is 2.36. The fourth-order valence-corrected chi connectivity index (χ4v) is 3.39. The lowest BCUT2D eigenvalue weighted by Gasteiger charge is -2.12. The van der Waals surface area contributed by atoms with Gasteiger partial charge in [0.05, 0.1) is 0 Å². The Bertz CT molecular complexity index is 685. The molecule has 1 unspecified atom stereocenters. The second-order valence-electron chi connectivity index (χ2n) is 4.86. The summed E-state index contributed by atoms with van der Waals surface area (Å²) < 4.78 is 0.986. The summed E-state index contributed by atoms with van der Waals surface area (Å²) in [6.45, 7) is 4.01. The van der Waals surface area contributed by atoms with Gasteiger partial charge in [-0.05, 0) is 37.1 Å². The van der Waals surface area contributed by atoms with Gasteiger partial charge in [-0.1, -0.05) is 41.0 Å². The average molecular weight is 368 g/mol. The van der Waals surface area contributed by atoms with Crippen LogP contribution in [0.5, 0.6) is 0 Å². The van der Waals surface area contributed by atoms with Gasteiger partial charge in [0.2, 0.25) is 0 Å². The van der Waals surface area contributed by atoms with E-state index in [1.807, 2.05) is 25.1 Å². The van der Waals surface area contributed by atoms with E-state index in [9.17, 15) is 4.79 Å². The lowest BCUT2D eigenvalue weighted by atomic mass is 10.1. The Labute approximate surface area is 136 Å². The quantitative estimate of drug-likeness (QED) is 0.791. The van der Waals surface area contributed by atoms with Crippen LogP contribution in [0, 0.1) is 0 Å². The van der Waals surface area contributed by atoms with Gasteiger partial charge in [0.25, 0.3) is 5.56 Å². The van der Waals surface area contributed by atoms with Gasteiger partial charge in [-0.3, -0.25) is 4.79 Å². The monoisotopic (exact) mass is 367 g/mol.